The molecule has 0 unspecified atom stereocenters. The topological polar surface area (TPSA) is 45.2 Å². The van der Waals surface area contributed by atoms with Crippen LogP contribution in [-0.4, -0.2) is 30.5 Å². The van der Waals surface area contributed by atoms with E-state index in [4.69, 9.17) is 0 Å². The van der Waals surface area contributed by atoms with Crippen LogP contribution in [0.4, 0.5) is 5.13 Å². The number of allylic oxidation sites excluding steroid dienone is 3. The second kappa shape index (κ2) is 7.85. The van der Waals surface area contributed by atoms with E-state index in [1.807, 2.05) is 19.1 Å². The van der Waals surface area contributed by atoms with Crippen molar-refractivity contribution < 1.29 is 4.79 Å². The molecule has 2 heterocycles. The van der Waals surface area contributed by atoms with Gasteiger partial charge in [-0.2, -0.15) is 0 Å². The zero-order chi connectivity index (χ0) is 14.2. The number of carbonyl (C=O) groups is 1. The number of nitrogens with one attached hydrogen (secondary N) is 1. The molecule has 4 nitrogen and oxygen atoms in total. The van der Waals surface area contributed by atoms with Gasteiger partial charge < -0.3 is 10.2 Å². The number of amides is 1. The number of nitrogens with zero attached hydrogens (tertiary/aromatic N) is 2. The molecule has 0 radical (unpaired) electrons. The molecule has 1 N–H and O–H groups in total. The normalized spacial score (nSPS) is 15.6. The monoisotopic (exact) mass is 291 g/mol. The SMILES string of the molecule is C/C=C/C=C\C(=O)NCCc1csc(N2CCCC2)n1. The van der Waals surface area contributed by atoms with Crippen molar-refractivity contribution in [2.75, 3.05) is 24.5 Å². The summed E-state index contributed by atoms with van der Waals surface area (Å²) in [7, 11) is 0. The Morgan fingerprint density at radius 3 is 3.00 bits per heavy atom. The fourth-order valence-electron chi connectivity index (χ4n) is 2.09. The molecule has 1 aliphatic heterocycles. The van der Waals surface area contributed by atoms with Crippen molar-refractivity contribution in [1.29, 1.82) is 0 Å². The molecule has 0 aromatic carbocycles. The van der Waals surface area contributed by atoms with Crippen LogP contribution >= 0.6 is 11.3 Å². The van der Waals surface area contributed by atoms with Crippen LogP contribution in [0.2, 0.25) is 0 Å². The van der Waals surface area contributed by atoms with Gasteiger partial charge >= 0.3 is 0 Å². The Morgan fingerprint density at radius 2 is 2.25 bits per heavy atom. The van der Waals surface area contributed by atoms with E-state index in [9.17, 15) is 4.79 Å². The lowest BCUT2D eigenvalue weighted by atomic mass is 10.3. The van der Waals surface area contributed by atoms with Crippen LogP contribution in [0.15, 0.2) is 29.7 Å². The van der Waals surface area contributed by atoms with Gasteiger partial charge in [-0.15, -0.1) is 11.3 Å². The molecule has 1 amide bonds. The second-order valence-corrected chi connectivity index (χ2v) is 5.58. The Hall–Kier alpha value is -1.62. The van der Waals surface area contributed by atoms with Crippen molar-refractivity contribution in [3.8, 4) is 0 Å². The summed E-state index contributed by atoms with van der Waals surface area (Å²) in [6.45, 7) is 4.80. The van der Waals surface area contributed by atoms with E-state index in [0.29, 0.717) is 6.54 Å². The highest BCUT2D eigenvalue weighted by Gasteiger charge is 2.15. The number of carbonyl (C=O) groups excluding carboxylic acids is 1. The zero-order valence-corrected chi connectivity index (χ0v) is 12.7. The van der Waals surface area contributed by atoms with Gasteiger partial charge in [0.25, 0.3) is 0 Å². The third kappa shape index (κ3) is 4.49. The van der Waals surface area contributed by atoms with Crippen molar-refractivity contribution in [3.05, 3.63) is 35.4 Å². The summed E-state index contributed by atoms with van der Waals surface area (Å²) in [5, 5.41) is 6.08. The van der Waals surface area contributed by atoms with Gasteiger partial charge in [0, 0.05) is 37.5 Å². The Kier molecular flexibility index (Phi) is 5.80. The van der Waals surface area contributed by atoms with Crippen molar-refractivity contribution >= 4 is 22.4 Å². The van der Waals surface area contributed by atoms with Crippen molar-refractivity contribution in [3.63, 3.8) is 0 Å². The van der Waals surface area contributed by atoms with Crippen molar-refractivity contribution in [1.82, 2.24) is 10.3 Å². The van der Waals surface area contributed by atoms with Crippen LogP contribution in [0.1, 0.15) is 25.5 Å². The van der Waals surface area contributed by atoms with Crippen LogP contribution in [0, 0.1) is 0 Å². The smallest absolute Gasteiger partial charge is 0.243 e. The maximum absolute atomic E-state index is 11.5. The van der Waals surface area contributed by atoms with Gasteiger partial charge in [-0.25, -0.2) is 4.98 Å². The van der Waals surface area contributed by atoms with Gasteiger partial charge in [0.15, 0.2) is 5.13 Å². The zero-order valence-electron chi connectivity index (χ0n) is 11.8. The Labute approximate surface area is 124 Å². The summed E-state index contributed by atoms with van der Waals surface area (Å²) in [5.41, 5.74) is 1.06. The minimum atomic E-state index is -0.0573. The van der Waals surface area contributed by atoms with E-state index in [0.717, 1.165) is 30.3 Å². The quantitative estimate of drug-likeness (QED) is 0.647. The molecule has 0 spiro atoms. The number of anilines is 1. The summed E-state index contributed by atoms with van der Waals surface area (Å²) in [6, 6.07) is 0. The summed E-state index contributed by atoms with van der Waals surface area (Å²) in [5.74, 6) is -0.0573. The molecule has 0 aliphatic carbocycles. The number of hydrogen-bond donors (Lipinski definition) is 1. The van der Waals surface area contributed by atoms with E-state index < -0.39 is 0 Å². The fourth-order valence-corrected chi connectivity index (χ4v) is 3.01. The highest BCUT2D eigenvalue weighted by Crippen LogP contribution is 2.24. The van der Waals surface area contributed by atoms with Crippen LogP contribution in [-0.2, 0) is 11.2 Å². The first kappa shape index (κ1) is 14.8. The minimum Gasteiger partial charge on any atom is -0.352 e. The lowest BCUT2D eigenvalue weighted by molar-refractivity contribution is -0.116. The number of aromatic nitrogens is 1. The number of hydrogen-bond acceptors (Lipinski definition) is 4. The second-order valence-electron chi connectivity index (χ2n) is 4.74. The van der Waals surface area contributed by atoms with Gasteiger partial charge in [0.05, 0.1) is 5.69 Å². The summed E-state index contributed by atoms with van der Waals surface area (Å²) >= 11 is 1.70. The first-order chi connectivity index (χ1) is 9.79. The molecule has 2 rings (SSSR count). The van der Waals surface area contributed by atoms with E-state index in [-0.39, 0.29) is 5.91 Å². The van der Waals surface area contributed by atoms with Crippen molar-refractivity contribution in [2.24, 2.45) is 0 Å². The molecule has 1 saturated heterocycles. The fraction of sp³-hybridized carbons (Fsp3) is 0.467. The van der Waals surface area contributed by atoms with E-state index in [2.05, 4.69) is 20.6 Å². The number of thiazole rings is 1. The summed E-state index contributed by atoms with van der Waals surface area (Å²) in [6.07, 6.45) is 10.3. The average molecular weight is 291 g/mol. The van der Waals surface area contributed by atoms with Gasteiger partial charge in [-0.1, -0.05) is 18.2 Å². The van der Waals surface area contributed by atoms with Crippen LogP contribution < -0.4 is 10.2 Å². The van der Waals surface area contributed by atoms with Gasteiger partial charge in [0.1, 0.15) is 0 Å². The standard InChI is InChI=1S/C15H21N3OS/c1-2-3-4-7-14(19)16-9-8-13-12-20-15(17-13)18-10-5-6-11-18/h2-4,7,12H,5-6,8-11H2,1H3,(H,16,19)/b3-2+,7-4-. The van der Waals surface area contributed by atoms with Crippen LogP contribution in [0.5, 0.6) is 0 Å². The highest BCUT2D eigenvalue weighted by atomic mass is 32.1. The number of rotatable bonds is 6. The molecule has 108 valence electrons. The average Bonchev–Trinajstić information content (AvgIpc) is 3.09. The van der Waals surface area contributed by atoms with Gasteiger partial charge in [-0.3, -0.25) is 4.79 Å². The van der Waals surface area contributed by atoms with Crippen molar-refractivity contribution in [2.45, 2.75) is 26.2 Å². The van der Waals surface area contributed by atoms with E-state index >= 15 is 0 Å². The maximum Gasteiger partial charge on any atom is 0.243 e. The lowest BCUT2D eigenvalue weighted by Crippen LogP contribution is -2.23. The Bertz CT molecular complexity index is 487. The predicted molar refractivity (Wildman–Crippen MR) is 84.2 cm³/mol. The van der Waals surface area contributed by atoms with Gasteiger partial charge in [0.2, 0.25) is 5.91 Å². The molecule has 0 bridgehead atoms. The van der Waals surface area contributed by atoms with Gasteiger partial charge in [-0.05, 0) is 19.8 Å². The summed E-state index contributed by atoms with van der Waals surface area (Å²) in [4.78, 5) is 18.4. The van der Waals surface area contributed by atoms with E-state index in [1.54, 1.807) is 17.4 Å². The predicted octanol–water partition coefficient (Wildman–Crippen LogP) is 2.53. The first-order valence-corrected chi connectivity index (χ1v) is 7.94. The molecule has 5 heteroatoms. The highest BCUT2D eigenvalue weighted by molar-refractivity contribution is 7.13. The Balaban J connectivity index is 1.73. The molecule has 1 aromatic rings. The largest absolute Gasteiger partial charge is 0.352 e. The molecular formula is C15H21N3OS. The molecule has 0 atom stereocenters. The molecule has 1 aromatic heterocycles. The Morgan fingerprint density at radius 1 is 1.45 bits per heavy atom. The maximum atomic E-state index is 11.5. The van der Waals surface area contributed by atoms with Crippen LogP contribution in [0.3, 0.4) is 0 Å². The molecule has 20 heavy (non-hydrogen) atoms. The molecule has 0 saturated carbocycles. The van der Waals surface area contributed by atoms with Crippen LogP contribution in [0.25, 0.3) is 0 Å². The summed E-state index contributed by atoms with van der Waals surface area (Å²) < 4.78 is 0. The molecule has 1 aliphatic rings. The molecule has 1 fully saturated rings. The molecular weight excluding hydrogens is 270 g/mol. The third-order valence-corrected chi connectivity index (χ3v) is 4.10. The first-order valence-electron chi connectivity index (χ1n) is 7.06. The lowest BCUT2D eigenvalue weighted by Gasteiger charge is -2.12. The third-order valence-electron chi connectivity index (χ3n) is 3.15. The van der Waals surface area contributed by atoms with E-state index in [1.165, 1.54) is 18.9 Å². The minimum absolute atomic E-state index is 0.0573.